The van der Waals surface area contributed by atoms with Crippen LogP contribution in [0.2, 0.25) is 0 Å². The maximum atomic E-state index is 14.6. The molecule has 2 atom stereocenters. The van der Waals surface area contributed by atoms with Gasteiger partial charge in [0, 0.05) is 11.5 Å². The first-order chi connectivity index (χ1) is 14.8. The third-order valence-electron chi connectivity index (χ3n) is 8.54. The average molecular weight is 398 g/mol. The van der Waals surface area contributed by atoms with Crippen LogP contribution in [-0.4, -0.2) is 29.3 Å². The van der Waals surface area contributed by atoms with Crippen LogP contribution in [-0.2, 0) is 4.79 Å². The van der Waals surface area contributed by atoms with Gasteiger partial charge < -0.3 is 0 Å². The maximum Gasteiger partial charge on any atom is 0.184 e. The minimum absolute atomic E-state index is 0.294. The van der Waals surface area contributed by atoms with Crippen LogP contribution in [0.25, 0.3) is 11.1 Å². The number of nitrogens with zero attached hydrogens (tertiary/aromatic N) is 1. The van der Waals surface area contributed by atoms with Gasteiger partial charge in [0.05, 0.1) is 5.54 Å². The van der Waals surface area contributed by atoms with Crippen molar-refractivity contribution in [1.82, 2.24) is 4.90 Å². The summed E-state index contributed by atoms with van der Waals surface area (Å²) in [6.45, 7) is 2.19. The van der Waals surface area contributed by atoms with E-state index in [0.29, 0.717) is 23.5 Å². The summed E-state index contributed by atoms with van der Waals surface area (Å²) in [6, 6.07) is 21.4. The summed E-state index contributed by atoms with van der Waals surface area (Å²) < 4.78 is 0. The molecular formula is C28H31NO. The lowest BCUT2D eigenvalue weighted by atomic mass is 9.52. The van der Waals surface area contributed by atoms with E-state index in [4.69, 9.17) is 0 Å². The fourth-order valence-electron chi connectivity index (χ4n) is 7.46. The van der Waals surface area contributed by atoms with Crippen molar-refractivity contribution in [2.24, 2.45) is 17.8 Å². The Kier molecular flexibility index (Phi) is 4.46. The zero-order chi connectivity index (χ0) is 20.1. The van der Waals surface area contributed by atoms with E-state index in [1.54, 1.807) is 0 Å². The molecule has 2 bridgehead atoms. The molecule has 1 saturated heterocycles. The molecule has 2 nitrogen and oxygen atoms in total. The second-order valence-corrected chi connectivity index (χ2v) is 9.81. The molecule has 0 amide bonds. The Morgan fingerprint density at radius 1 is 0.733 bits per heavy atom. The molecule has 154 valence electrons. The predicted molar refractivity (Wildman–Crippen MR) is 122 cm³/mol. The quantitative estimate of drug-likeness (QED) is 0.648. The van der Waals surface area contributed by atoms with Crippen LogP contribution in [0.1, 0.15) is 56.1 Å². The van der Waals surface area contributed by atoms with Gasteiger partial charge in [-0.1, -0.05) is 67.1 Å². The third kappa shape index (κ3) is 2.49. The van der Waals surface area contributed by atoms with Crippen molar-refractivity contribution in [2.45, 2.75) is 50.5 Å². The summed E-state index contributed by atoms with van der Waals surface area (Å²) in [5.41, 5.74) is 4.47. The number of Topliss-reactive ketones (excluding diaryl/α,β-unsaturated/α-hetero) is 1. The molecule has 0 spiro atoms. The molecule has 4 fully saturated rings. The first-order valence-corrected chi connectivity index (χ1v) is 12.0. The largest absolute Gasteiger partial charge is 0.292 e. The average Bonchev–Trinajstić information content (AvgIpc) is 3.13. The smallest absolute Gasteiger partial charge is 0.184 e. The Labute approximate surface area is 180 Å². The molecule has 4 aliphatic carbocycles. The van der Waals surface area contributed by atoms with Gasteiger partial charge in [-0.25, -0.2) is 0 Å². The number of ketones is 1. The number of piperidine rings is 1. The molecule has 0 aromatic heterocycles. The van der Waals surface area contributed by atoms with Gasteiger partial charge in [-0.3, -0.25) is 9.69 Å². The van der Waals surface area contributed by atoms with E-state index in [1.165, 1.54) is 56.1 Å². The van der Waals surface area contributed by atoms with E-state index in [2.05, 4.69) is 65.6 Å². The Balaban J connectivity index is 1.61. The number of likely N-dealkylation sites (tertiary alicyclic amines) is 1. The number of fused-ring (bicyclic) bond motifs is 2. The van der Waals surface area contributed by atoms with E-state index in [-0.39, 0.29) is 5.54 Å². The van der Waals surface area contributed by atoms with Crippen molar-refractivity contribution < 1.29 is 4.79 Å². The summed E-state index contributed by atoms with van der Waals surface area (Å²) in [5.74, 6) is 1.94. The van der Waals surface area contributed by atoms with Crippen LogP contribution in [0.4, 0.5) is 0 Å². The highest BCUT2D eigenvalue weighted by Gasteiger charge is 2.66. The van der Waals surface area contributed by atoms with Crippen LogP contribution in [0.15, 0.2) is 60.7 Å². The molecule has 1 heterocycles. The standard InChI is InChI=1S/C28H31NO/c30-27-25(21-12-6-2-7-13-21)24(20-10-4-1-5-11-20)26-22-14-16-23(17-15-22)28(26,27)29-18-8-3-9-19-29/h1-2,4-7,10-13,22-23,26H,3,8-9,14-19H2/t22?,23?,26-,28+/m0/s1. The van der Waals surface area contributed by atoms with Gasteiger partial charge in [-0.05, 0) is 80.2 Å². The molecular weight excluding hydrogens is 366 g/mol. The summed E-state index contributed by atoms with van der Waals surface area (Å²) in [5, 5.41) is 0. The number of carbonyl (C=O) groups excluding carboxylic acids is 1. The van der Waals surface area contributed by atoms with Crippen LogP contribution in [0.3, 0.4) is 0 Å². The number of benzene rings is 2. The van der Waals surface area contributed by atoms with Crippen LogP contribution in [0, 0.1) is 17.8 Å². The van der Waals surface area contributed by atoms with Crippen molar-refractivity contribution in [1.29, 1.82) is 0 Å². The minimum Gasteiger partial charge on any atom is -0.292 e. The molecule has 0 radical (unpaired) electrons. The first kappa shape index (κ1) is 18.6. The molecule has 2 aromatic rings. The van der Waals surface area contributed by atoms with Gasteiger partial charge in [0.1, 0.15) is 0 Å². The monoisotopic (exact) mass is 397 g/mol. The molecule has 1 aliphatic heterocycles. The fraction of sp³-hybridized carbons (Fsp3) is 0.464. The van der Waals surface area contributed by atoms with Crippen molar-refractivity contribution in [3.8, 4) is 0 Å². The second-order valence-electron chi connectivity index (χ2n) is 9.81. The SMILES string of the molecule is O=C1C(c2ccccc2)=C(c2ccccc2)[C@@H]2C3CCC(CC3)[C@]12N1CCCCC1. The van der Waals surface area contributed by atoms with Gasteiger partial charge in [0.15, 0.2) is 5.78 Å². The molecule has 0 N–H and O–H groups in total. The molecule has 3 saturated carbocycles. The Bertz CT molecular complexity index is 964. The van der Waals surface area contributed by atoms with E-state index >= 15 is 0 Å². The zero-order valence-corrected chi connectivity index (χ0v) is 17.7. The number of rotatable bonds is 3. The Morgan fingerprint density at radius 2 is 1.33 bits per heavy atom. The van der Waals surface area contributed by atoms with Gasteiger partial charge in [0.25, 0.3) is 0 Å². The molecule has 5 aliphatic rings. The summed E-state index contributed by atoms with van der Waals surface area (Å²) in [7, 11) is 0. The van der Waals surface area contributed by atoms with Crippen LogP contribution < -0.4 is 0 Å². The Hall–Kier alpha value is -2.19. The molecule has 30 heavy (non-hydrogen) atoms. The normalized spacial score (nSPS) is 33.7. The summed E-state index contributed by atoms with van der Waals surface area (Å²) in [4.78, 5) is 17.3. The highest BCUT2D eigenvalue weighted by atomic mass is 16.1. The fourth-order valence-corrected chi connectivity index (χ4v) is 7.46. The zero-order valence-electron chi connectivity index (χ0n) is 17.7. The molecule has 2 aromatic carbocycles. The lowest BCUT2D eigenvalue weighted by Crippen LogP contribution is -2.67. The predicted octanol–water partition coefficient (Wildman–Crippen LogP) is 5.84. The Morgan fingerprint density at radius 3 is 1.97 bits per heavy atom. The highest BCUT2D eigenvalue weighted by molar-refractivity contribution is 6.36. The molecule has 0 unspecified atom stereocenters. The van der Waals surface area contributed by atoms with Crippen molar-refractivity contribution in [3.63, 3.8) is 0 Å². The van der Waals surface area contributed by atoms with Gasteiger partial charge >= 0.3 is 0 Å². The molecule has 7 rings (SSSR count). The topological polar surface area (TPSA) is 20.3 Å². The number of hydrogen-bond donors (Lipinski definition) is 0. The van der Waals surface area contributed by atoms with E-state index in [1.807, 2.05) is 0 Å². The minimum atomic E-state index is -0.294. The van der Waals surface area contributed by atoms with Crippen molar-refractivity contribution in [2.75, 3.05) is 13.1 Å². The second kappa shape index (κ2) is 7.20. The molecule has 2 heteroatoms. The van der Waals surface area contributed by atoms with Crippen molar-refractivity contribution in [3.05, 3.63) is 71.8 Å². The lowest BCUT2D eigenvalue weighted by Gasteiger charge is -2.59. The number of hydrogen-bond acceptors (Lipinski definition) is 2. The van der Waals surface area contributed by atoms with E-state index in [0.717, 1.165) is 24.2 Å². The van der Waals surface area contributed by atoms with Crippen LogP contribution in [0.5, 0.6) is 0 Å². The maximum absolute atomic E-state index is 14.6. The van der Waals surface area contributed by atoms with Gasteiger partial charge in [-0.2, -0.15) is 0 Å². The summed E-state index contributed by atoms with van der Waals surface area (Å²) in [6.07, 6.45) is 8.82. The summed E-state index contributed by atoms with van der Waals surface area (Å²) >= 11 is 0. The third-order valence-corrected chi connectivity index (χ3v) is 8.54. The van der Waals surface area contributed by atoms with Gasteiger partial charge in [0.2, 0.25) is 0 Å². The first-order valence-electron chi connectivity index (χ1n) is 12.0. The van der Waals surface area contributed by atoms with Crippen molar-refractivity contribution >= 4 is 16.9 Å². The number of carbonyl (C=O) groups is 1. The van der Waals surface area contributed by atoms with Crippen LogP contribution >= 0.6 is 0 Å². The van der Waals surface area contributed by atoms with Gasteiger partial charge in [-0.15, -0.1) is 0 Å². The highest BCUT2D eigenvalue weighted by Crippen LogP contribution is 2.64. The van der Waals surface area contributed by atoms with E-state index < -0.39 is 0 Å². The lowest BCUT2D eigenvalue weighted by molar-refractivity contribution is -0.144. The van der Waals surface area contributed by atoms with E-state index in [9.17, 15) is 4.79 Å².